The van der Waals surface area contributed by atoms with Gasteiger partial charge in [0.15, 0.2) is 5.69 Å². The van der Waals surface area contributed by atoms with E-state index in [1.54, 1.807) is 11.6 Å². The fourth-order valence-corrected chi connectivity index (χ4v) is 5.59. The highest BCUT2D eigenvalue weighted by Gasteiger charge is 2.50. The Morgan fingerprint density at radius 3 is 2.77 bits per heavy atom. The Balaban J connectivity index is 1.27. The lowest BCUT2D eigenvalue weighted by Crippen LogP contribution is -2.40. The number of fused-ring (bicyclic) bond motifs is 3. The number of aromatic nitrogens is 2. The summed E-state index contributed by atoms with van der Waals surface area (Å²) in [5.74, 6) is 1.17. The van der Waals surface area contributed by atoms with Gasteiger partial charge in [-0.15, -0.1) is 0 Å². The average Bonchev–Trinajstić information content (AvgIpc) is 3.29. The topological polar surface area (TPSA) is 64.4 Å². The second kappa shape index (κ2) is 7.97. The Kier molecular flexibility index (Phi) is 5.29. The molecule has 2 aromatic rings. The van der Waals surface area contributed by atoms with Crippen LogP contribution in [0.1, 0.15) is 70.9 Å². The summed E-state index contributed by atoms with van der Waals surface area (Å²) in [6.07, 6.45) is 3.90. The SMILES string of the molecule is CCOC(=O)c1nn(CC(=O)N2CCC(c3cccc(Cl)c3C)CC2)c2c1[C@@H]1C[C@@H]1C2. The molecular weight excluding hydrogens is 414 g/mol. The first-order chi connectivity index (χ1) is 15.0. The molecule has 2 atom stereocenters. The zero-order valence-electron chi connectivity index (χ0n) is 18.1. The molecule has 5 rings (SSSR count). The van der Waals surface area contributed by atoms with Crippen LogP contribution >= 0.6 is 11.6 Å². The minimum absolute atomic E-state index is 0.0718. The molecule has 164 valence electrons. The fraction of sp³-hybridized carbons (Fsp3) is 0.542. The molecule has 1 saturated heterocycles. The number of amides is 1. The smallest absolute Gasteiger partial charge is 0.359 e. The Bertz CT molecular complexity index is 1040. The van der Waals surface area contributed by atoms with E-state index in [1.165, 1.54) is 5.56 Å². The van der Waals surface area contributed by atoms with Gasteiger partial charge in [0.25, 0.3) is 0 Å². The van der Waals surface area contributed by atoms with Crippen LogP contribution in [0.25, 0.3) is 0 Å². The quantitative estimate of drug-likeness (QED) is 0.655. The highest BCUT2D eigenvalue weighted by atomic mass is 35.5. The van der Waals surface area contributed by atoms with Crippen LogP contribution in [0, 0.1) is 12.8 Å². The largest absolute Gasteiger partial charge is 0.461 e. The second-order valence-electron chi connectivity index (χ2n) is 9.00. The molecular formula is C24H28ClN3O3. The number of likely N-dealkylation sites (tertiary alicyclic amines) is 1. The van der Waals surface area contributed by atoms with Crippen molar-refractivity contribution in [3.05, 3.63) is 51.3 Å². The average molecular weight is 442 g/mol. The number of nitrogens with zero attached hydrogens (tertiary/aromatic N) is 3. The molecule has 0 radical (unpaired) electrons. The van der Waals surface area contributed by atoms with Crippen LogP contribution < -0.4 is 0 Å². The van der Waals surface area contributed by atoms with Gasteiger partial charge in [0.05, 0.1) is 6.61 Å². The normalized spacial score (nSPS) is 22.2. The van der Waals surface area contributed by atoms with Crippen LogP contribution in [0.2, 0.25) is 5.02 Å². The van der Waals surface area contributed by atoms with Crippen molar-refractivity contribution < 1.29 is 14.3 Å². The molecule has 0 bridgehead atoms. The van der Waals surface area contributed by atoms with E-state index < -0.39 is 0 Å². The minimum Gasteiger partial charge on any atom is -0.461 e. The Morgan fingerprint density at radius 2 is 2.03 bits per heavy atom. The molecule has 3 aliphatic rings. The summed E-state index contributed by atoms with van der Waals surface area (Å²) in [7, 11) is 0. The lowest BCUT2D eigenvalue weighted by Gasteiger charge is -2.33. The molecule has 0 spiro atoms. The van der Waals surface area contributed by atoms with Gasteiger partial charge in [-0.05, 0) is 74.5 Å². The highest BCUT2D eigenvalue weighted by molar-refractivity contribution is 6.31. The maximum absolute atomic E-state index is 13.1. The van der Waals surface area contributed by atoms with Crippen molar-refractivity contribution in [3.63, 3.8) is 0 Å². The Hall–Kier alpha value is -2.34. The number of piperidine rings is 1. The van der Waals surface area contributed by atoms with E-state index in [4.69, 9.17) is 16.3 Å². The third kappa shape index (κ3) is 3.65. The lowest BCUT2D eigenvalue weighted by molar-refractivity contribution is -0.133. The Morgan fingerprint density at radius 1 is 1.26 bits per heavy atom. The molecule has 1 aliphatic heterocycles. The fourth-order valence-electron chi connectivity index (χ4n) is 5.41. The van der Waals surface area contributed by atoms with E-state index in [0.717, 1.165) is 60.6 Å². The van der Waals surface area contributed by atoms with Crippen molar-refractivity contribution in [3.8, 4) is 0 Å². The number of esters is 1. The molecule has 1 aromatic heterocycles. The molecule has 0 unspecified atom stereocenters. The van der Waals surface area contributed by atoms with E-state index in [2.05, 4.69) is 18.1 Å². The summed E-state index contributed by atoms with van der Waals surface area (Å²) in [5.41, 5.74) is 4.95. The van der Waals surface area contributed by atoms with Gasteiger partial charge in [-0.1, -0.05) is 23.7 Å². The van der Waals surface area contributed by atoms with E-state index >= 15 is 0 Å². The summed E-state index contributed by atoms with van der Waals surface area (Å²) in [6.45, 7) is 5.85. The van der Waals surface area contributed by atoms with Gasteiger partial charge in [0.1, 0.15) is 6.54 Å². The predicted octanol–water partition coefficient (Wildman–Crippen LogP) is 4.09. The van der Waals surface area contributed by atoms with E-state index in [0.29, 0.717) is 30.1 Å². The van der Waals surface area contributed by atoms with Crippen molar-refractivity contribution in [2.24, 2.45) is 5.92 Å². The number of rotatable bonds is 5. The minimum atomic E-state index is -0.366. The van der Waals surface area contributed by atoms with Crippen molar-refractivity contribution in [1.29, 1.82) is 0 Å². The summed E-state index contributed by atoms with van der Waals surface area (Å²) in [4.78, 5) is 27.4. The molecule has 7 heteroatoms. The van der Waals surface area contributed by atoms with Crippen molar-refractivity contribution in [2.75, 3.05) is 19.7 Å². The van der Waals surface area contributed by atoms with Crippen LogP contribution in [-0.4, -0.2) is 46.3 Å². The maximum Gasteiger partial charge on any atom is 0.359 e. The summed E-state index contributed by atoms with van der Waals surface area (Å²) >= 11 is 6.30. The van der Waals surface area contributed by atoms with Crippen LogP contribution in [0.5, 0.6) is 0 Å². The highest BCUT2D eigenvalue weighted by Crippen LogP contribution is 2.57. The zero-order chi connectivity index (χ0) is 21.7. The molecule has 2 heterocycles. The van der Waals surface area contributed by atoms with Crippen LogP contribution in [-0.2, 0) is 22.5 Å². The Labute approximate surface area is 187 Å². The van der Waals surface area contributed by atoms with Gasteiger partial charge in [0.2, 0.25) is 5.91 Å². The van der Waals surface area contributed by atoms with Gasteiger partial charge in [0, 0.05) is 29.4 Å². The first-order valence-electron chi connectivity index (χ1n) is 11.3. The predicted molar refractivity (Wildman–Crippen MR) is 117 cm³/mol. The maximum atomic E-state index is 13.1. The van der Waals surface area contributed by atoms with Crippen molar-refractivity contribution in [1.82, 2.24) is 14.7 Å². The first-order valence-corrected chi connectivity index (χ1v) is 11.6. The van der Waals surface area contributed by atoms with Gasteiger partial charge in [-0.3, -0.25) is 9.48 Å². The van der Waals surface area contributed by atoms with E-state index in [9.17, 15) is 9.59 Å². The molecule has 1 aromatic carbocycles. The molecule has 1 amide bonds. The number of benzene rings is 1. The molecule has 6 nitrogen and oxygen atoms in total. The summed E-state index contributed by atoms with van der Waals surface area (Å²) in [6, 6.07) is 6.08. The standard InChI is InChI=1S/C24H28ClN3O3/c1-3-31-24(30)23-22-18-11-16(18)12-20(22)28(26-23)13-21(29)27-9-7-15(8-10-27)17-5-4-6-19(25)14(17)2/h4-6,15-16,18H,3,7-13H2,1-2H3/t16-,18-/m1/s1. The third-order valence-electron chi connectivity index (χ3n) is 7.20. The third-order valence-corrected chi connectivity index (χ3v) is 7.61. The number of ether oxygens (including phenoxy) is 1. The molecule has 2 fully saturated rings. The first kappa shape index (κ1) is 20.6. The molecule has 0 N–H and O–H groups in total. The van der Waals surface area contributed by atoms with Gasteiger partial charge >= 0.3 is 5.97 Å². The number of carbonyl (C=O) groups excluding carboxylic acids is 2. The molecule has 2 aliphatic carbocycles. The van der Waals surface area contributed by atoms with Crippen molar-refractivity contribution >= 4 is 23.5 Å². The molecule has 1 saturated carbocycles. The van der Waals surface area contributed by atoms with Gasteiger partial charge in [-0.25, -0.2) is 4.79 Å². The van der Waals surface area contributed by atoms with Crippen LogP contribution in [0.4, 0.5) is 0 Å². The zero-order valence-corrected chi connectivity index (χ0v) is 18.8. The van der Waals surface area contributed by atoms with Crippen LogP contribution in [0.15, 0.2) is 18.2 Å². The summed E-state index contributed by atoms with van der Waals surface area (Å²) in [5, 5.41) is 5.33. The summed E-state index contributed by atoms with van der Waals surface area (Å²) < 4.78 is 6.97. The van der Waals surface area contributed by atoms with Gasteiger partial charge < -0.3 is 9.64 Å². The van der Waals surface area contributed by atoms with Crippen LogP contribution in [0.3, 0.4) is 0 Å². The van der Waals surface area contributed by atoms with E-state index in [-0.39, 0.29) is 18.4 Å². The van der Waals surface area contributed by atoms with Gasteiger partial charge in [-0.2, -0.15) is 5.10 Å². The monoisotopic (exact) mass is 441 g/mol. The number of hydrogen-bond donors (Lipinski definition) is 0. The number of halogens is 1. The number of hydrogen-bond acceptors (Lipinski definition) is 4. The molecule has 31 heavy (non-hydrogen) atoms. The lowest BCUT2D eigenvalue weighted by atomic mass is 9.87. The number of carbonyl (C=O) groups is 2. The van der Waals surface area contributed by atoms with Crippen molar-refractivity contribution in [2.45, 2.75) is 57.9 Å². The second-order valence-corrected chi connectivity index (χ2v) is 9.41. The van der Waals surface area contributed by atoms with E-state index in [1.807, 2.05) is 17.0 Å².